The van der Waals surface area contributed by atoms with Crippen LogP contribution in [0, 0.1) is 13.8 Å². The first-order valence-electron chi connectivity index (χ1n) is 10.2. The lowest BCUT2D eigenvalue weighted by molar-refractivity contribution is -0.141. The molecule has 0 unspecified atom stereocenters. The number of carbonyl (C=O) groups is 3. The average Bonchev–Trinajstić information content (AvgIpc) is 3.09. The summed E-state index contributed by atoms with van der Waals surface area (Å²) in [6.07, 6.45) is 0.862. The molecule has 0 atom stereocenters. The van der Waals surface area contributed by atoms with Crippen molar-refractivity contribution in [1.82, 2.24) is 9.88 Å². The quantitative estimate of drug-likeness (QED) is 0.426. The molecule has 160 valence electrons. The van der Waals surface area contributed by atoms with E-state index in [9.17, 15) is 14.4 Å². The van der Waals surface area contributed by atoms with Crippen LogP contribution >= 0.6 is 0 Å². The number of benzene rings is 2. The minimum Gasteiger partial charge on any atom is -0.456 e. The second kappa shape index (κ2) is 10.4. The number of amides is 1. The zero-order chi connectivity index (χ0) is 22.2. The first-order valence-corrected chi connectivity index (χ1v) is 10.2. The van der Waals surface area contributed by atoms with Gasteiger partial charge in [0.2, 0.25) is 5.78 Å². The molecule has 0 spiro atoms. The maximum absolute atomic E-state index is 12.6. The van der Waals surface area contributed by atoms with Crippen LogP contribution in [0.3, 0.4) is 0 Å². The lowest BCUT2D eigenvalue weighted by atomic mass is 10.1. The summed E-state index contributed by atoms with van der Waals surface area (Å²) in [5.74, 6) is -1.29. The van der Waals surface area contributed by atoms with Crippen LogP contribution in [0.2, 0.25) is 0 Å². The highest BCUT2D eigenvalue weighted by molar-refractivity contribution is 6.00. The Bertz CT molecular complexity index is 1060. The highest BCUT2D eigenvalue weighted by Gasteiger charge is 2.17. The van der Waals surface area contributed by atoms with E-state index in [0.29, 0.717) is 11.1 Å². The molecule has 3 rings (SSSR count). The monoisotopic (exact) mass is 418 g/mol. The van der Waals surface area contributed by atoms with Gasteiger partial charge in [0.05, 0.1) is 0 Å². The molecule has 0 bridgehead atoms. The third kappa shape index (κ3) is 5.92. The van der Waals surface area contributed by atoms with Crippen molar-refractivity contribution in [3.63, 3.8) is 0 Å². The van der Waals surface area contributed by atoms with Gasteiger partial charge in [-0.15, -0.1) is 0 Å². The molecule has 2 aromatic carbocycles. The summed E-state index contributed by atoms with van der Waals surface area (Å²) in [4.78, 5) is 36.5. The molecule has 0 aliphatic heterocycles. The Morgan fingerprint density at radius 2 is 1.58 bits per heavy atom. The van der Waals surface area contributed by atoms with Crippen molar-refractivity contribution in [2.75, 3.05) is 13.2 Å². The van der Waals surface area contributed by atoms with Gasteiger partial charge in [-0.25, -0.2) is 0 Å². The number of rotatable bonds is 9. The Hall–Kier alpha value is -3.67. The smallest absolute Gasteiger partial charge is 0.325 e. The van der Waals surface area contributed by atoms with E-state index in [1.165, 1.54) is 5.56 Å². The minimum atomic E-state index is -0.657. The zero-order valence-electron chi connectivity index (χ0n) is 17.8. The fourth-order valence-electron chi connectivity index (χ4n) is 3.43. The van der Waals surface area contributed by atoms with Crippen LogP contribution in [0.4, 0.5) is 0 Å². The Kier molecular flexibility index (Phi) is 7.38. The summed E-state index contributed by atoms with van der Waals surface area (Å²) in [7, 11) is 0. The second-order valence-corrected chi connectivity index (χ2v) is 7.30. The molecule has 1 aromatic heterocycles. The van der Waals surface area contributed by atoms with Crippen LogP contribution in [-0.2, 0) is 22.5 Å². The van der Waals surface area contributed by atoms with Crippen molar-refractivity contribution < 1.29 is 19.1 Å². The lowest BCUT2D eigenvalue weighted by Gasteiger charge is -2.10. The predicted octanol–water partition coefficient (Wildman–Crippen LogP) is 3.50. The fraction of sp³-hybridized carbons (Fsp3) is 0.240. The molecular weight excluding hydrogens is 392 g/mol. The van der Waals surface area contributed by atoms with Gasteiger partial charge < -0.3 is 14.6 Å². The molecule has 0 saturated heterocycles. The summed E-state index contributed by atoms with van der Waals surface area (Å²) >= 11 is 0. The van der Waals surface area contributed by atoms with E-state index in [-0.39, 0.29) is 24.8 Å². The van der Waals surface area contributed by atoms with E-state index in [0.717, 1.165) is 24.4 Å². The molecule has 6 nitrogen and oxygen atoms in total. The Balaban J connectivity index is 1.51. The zero-order valence-corrected chi connectivity index (χ0v) is 17.8. The van der Waals surface area contributed by atoms with Gasteiger partial charge in [0.25, 0.3) is 5.91 Å². The van der Waals surface area contributed by atoms with Crippen molar-refractivity contribution >= 4 is 17.7 Å². The van der Waals surface area contributed by atoms with Gasteiger partial charge in [0.15, 0.2) is 6.61 Å². The summed E-state index contributed by atoms with van der Waals surface area (Å²) in [6, 6.07) is 20.6. The fourth-order valence-corrected chi connectivity index (χ4v) is 3.43. The molecular formula is C25H26N2O4. The average molecular weight is 418 g/mol. The van der Waals surface area contributed by atoms with Crippen molar-refractivity contribution in [2.24, 2.45) is 0 Å². The molecule has 3 aromatic rings. The van der Waals surface area contributed by atoms with Gasteiger partial charge >= 0.3 is 5.97 Å². The van der Waals surface area contributed by atoms with Gasteiger partial charge in [0.1, 0.15) is 6.54 Å². The SMILES string of the molecule is Cc1cc(C(=O)COC(=O)CNC(=O)c2ccccc2)c(C)n1CCc1ccccc1. The minimum absolute atomic E-state index is 0.262. The van der Waals surface area contributed by atoms with Crippen LogP contribution in [-0.4, -0.2) is 35.4 Å². The molecule has 1 heterocycles. The Labute approximate surface area is 181 Å². The van der Waals surface area contributed by atoms with Crippen molar-refractivity contribution in [1.29, 1.82) is 0 Å². The Morgan fingerprint density at radius 1 is 0.935 bits per heavy atom. The van der Waals surface area contributed by atoms with Crippen molar-refractivity contribution in [3.8, 4) is 0 Å². The number of hydrogen-bond donors (Lipinski definition) is 1. The highest BCUT2D eigenvalue weighted by atomic mass is 16.5. The van der Waals surface area contributed by atoms with E-state index >= 15 is 0 Å². The van der Waals surface area contributed by atoms with Crippen LogP contribution in [0.5, 0.6) is 0 Å². The van der Waals surface area contributed by atoms with Gasteiger partial charge in [0, 0.05) is 29.1 Å². The van der Waals surface area contributed by atoms with Crippen LogP contribution in [0.1, 0.15) is 37.7 Å². The molecule has 1 amide bonds. The van der Waals surface area contributed by atoms with Gasteiger partial charge in [-0.3, -0.25) is 14.4 Å². The molecule has 1 N–H and O–H groups in total. The first kappa shape index (κ1) is 22.0. The number of esters is 1. The number of nitrogens with zero attached hydrogens (tertiary/aromatic N) is 1. The van der Waals surface area contributed by atoms with E-state index < -0.39 is 5.97 Å². The number of ether oxygens (including phenoxy) is 1. The number of aromatic nitrogens is 1. The number of aryl methyl sites for hydroxylation is 2. The number of nitrogens with one attached hydrogen (secondary N) is 1. The molecule has 31 heavy (non-hydrogen) atoms. The summed E-state index contributed by atoms with van der Waals surface area (Å²) in [6.45, 7) is 3.97. The number of ketones is 1. The van der Waals surface area contributed by atoms with Gasteiger partial charge in [-0.2, -0.15) is 0 Å². The topological polar surface area (TPSA) is 77.4 Å². The Morgan fingerprint density at radius 3 is 2.26 bits per heavy atom. The highest BCUT2D eigenvalue weighted by Crippen LogP contribution is 2.17. The maximum Gasteiger partial charge on any atom is 0.325 e. The third-order valence-electron chi connectivity index (χ3n) is 5.13. The van der Waals surface area contributed by atoms with E-state index in [1.807, 2.05) is 38.1 Å². The largest absolute Gasteiger partial charge is 0.456 e. The van der Waals surface area contributed by atoms with Crippen LogP contribution in [0.25, 0.3) is 0 Å². The third-order valence-corrected chi connectivity index (χ3v) is 5.13. The molecule has 0 radical (unpaired) electrons. The standard InChI is InChI=1S/C25H26N2O4/c1-18-15-22(19(2)27(18)14-13-20-9-5-3-6-10-20)23(28)17-31-24(29)16-26-25(30)21-11-7-4-8-12-21/h3-12,15H,13-14,16-17H2,1-2H3,(H,26,30). The number of Topliss-reactive ketones (excluding diaryl/α,β-unsaturated/α-hetero) is 1. The van der Waals surface area contributed by atoms with Crippen molar-refractivity contribution in [2.45, 2.75) is 26.8 Å². The molecule has 6 heteroatoms. The molecule has 0 aliphatic carbocycles. The summed E-state index contributed by atoms with van der Waals surface area (Å²) in [5.41, 5.74) is 4.07. The lowest BCUT2D eigenvalue weighted by Crippen LogP contribution is -2.31. The van der Waals surface area contributed by atoms with E-state index in [2.05, 4.69) is 22.0 Å². The van der Waals surface area contributed by atoms with Crippen LogP contribution in [0.15, 0.2) is 66.7 Å². The van der Waals surface area contributed by atoms with Crippen molar-refractivity contribution in [3.05, 3.63) is 94.8 Å². The summed E-state index contributed by atoms with van der Waals surface area (Å²) < 4.78 is 7.16. The molecule has 0 aliphatic rings. The summed E-state index contributed by atoms with van der Waals surface area (Å²) in [5, 5.41) is 2.49. The second-order valence-electron chi connectivity index (χ2n) is 7.30. The van der Waals surface area contributed by atoms with E-state index in [1.54, 1.807) is 30.3 Å². The maximum atomic E-state index is 12.6. The first-order chi connectivity index (χ1) is 15.0. The van der Waals surface area contributed by atoms with Crippen LogP contribution < -0.4 is 5.32 Å². The van der Waals surface area contributed by atoms with E-state index in [4.69, 9.17) is 4.74 Å². The predicted molar refractivity (Wildman–Crippen MR) is 118 cm³/mol. The molecule has 0 saturated carbocycles. The number of carbonyl (C=O) groups excluding carboxylic acids is 3. The normalized spacial score (nSPS) is 10.5. The van der Waals surface area contributed by atoms with Gasteiger partial charge in [-0.1, -0.05) is 48.5 Å². The van der Waals surface area contributed by atoms with Gasteiger partial charge in [-0.05, 0) is 44.0 Å². The number of hydrogen-bond acceptors (Lipinski definition) is 4. The molecule has 0 fully saturated rings.